The van der Waals surface area contributed by atoms with E-state index in [-0.39, 0.29) is 11.9 Å². The van der Waals surface area contributed by atoms with Crippen molar-refractivity contribution in [3.05, 3.63) is 59.1 Å². The van der Waals surface area contributed by atoms with Crippen LogP contribution in [0.5, 0.6) is 5.75 Å². The number of piperazine rings is 1. The highest BCUT2D eigenvalue weighted by molar-refractivity contribution is 6.30. The number of nitrogens with zero attached hydrogens (tertiary/aromatic N) is 1. The van der Waals surface area contributed by atoms with E-state index in [0.29, 0.717) is 11.6 Å². The van der Waals surface area contributed by atoms with Gasteiger partial charge in [-0.15, -0.1) is 0 Å². The number of methoxy groups -OCH3 is 1. The van der Waals surface area contributed by atoms with Gasteiger partial charge in [0.15, 0.2) is 6.54 Å². The van der Waals surface area contributed by atoms with E-state index in [1.807, 2.05) is 49.4 Å². The maximum absolute atomic E-state index is 12.4. The maximum Gasteiger partial charge on any atom is 0.275 e. The highest BCUT2D eigenvalue weighted by Crippen LogP contribution is 2.27. The minimum atomic E-state index is -0.0240. The fourth-order valence-electron chi connectivity index (χ4n) is 3.49. The molecule has 1 heterocycles. The van der Waals surface area contributed by atoms with Gasteiger partial charge >= 0.3 is 0 Å². The summed E-state index contributed by atoms with van der Waals surface area (Å²) in [7, 11) is 1.70. The van der Waals surface area contributed by atoms with Crippen molar-refractivity contribution in [1.82, 2.24) is 5.32 Å². The van der Waals surface area contributed by atoms with Crippen LogP contribution in [0.4, 0.5) is 5.69 Å². The number of hydrogen-bond acceptors (Lipinski definition) is 3. The first kappa shape index (κ1) is 19.5. The Morgan fingerprint density at radius 3 is 2.52 bits per heavy atom. The van der Waals surface area contributed by atoms with E-state index < -0.39 is 0 Å². The van der Waals surface area contributed by atoms with Crippen LogP contribution < -0.4 is 19.9 Å². The predicted octanol–water partition coefficient (Wildman–Crippen LogP) is 1.93. The topological polar surface area (TPSA) is 46.0 Å². The molecule has 1 fully saturated rings. The van der Waals surface area contributed by atoms with Crippen LogP contribution in [-0.2, 0) is 4.79 Å². The Balaban J connectivity index is 1.48. The SMILES string of the molecule is COc1ccccc1N1CC[NH+](CC(=O)N[C@@H](C)c2ccc(Cl)cc2)CC1. The Hall–Kier alpha value is -2.24. The van der Waals surface area contributed by atoms with Crippen molar-refractivity contribution in [3.8, 4) is 5.75 Å². The number of carbonyl (C=O) groups is 1. The van der Waals surface area contributed by atoms with Gasteiger partial charge in [0, 0.05) is 5.02 Å². The molecule has 1 atom stereocenters. The Kier molecular flexibility index (Phi) is 6.58. The quantitative estimate of drug-likeness (QED) is 0.795. The summed E-state index contributed by atoms with van der Waals surface area (Å²) in [6.07, 6.45) is 0. The van der Waals surface area contributed by atoms with E-state index in [9.17, 15) is 4.79 Å². The molecule has 1 saturated heterocycles. The van der Waals surface area contributed by atoms with Crippen molar-refractivity contribution in [2.24, 2.45) is 0 Å². The number of amides is 1. The van der Waals surface area contributed by atoms with Crippen LogP contribution in [0, 0.1) is 0 Å². The van der Waals surface area contributed by atoms with Gasteiger partial charge < -0.3 is 19.9 Å². The fourth-order valence-corrected chi connectivity index (χ4v) is 3.61. The summed E-state index contributed by atoms with van der Waals surface area (Å²) in [5.41, 5.74) is 2.18. The normalized spacial score (nSPS) is 16.0. The van der Waals surface area contributed by atoms with Gasteiger partial charge in [0.1, 0.15) is 5.75 Å². The standard InChI is InChI=1S/C21H26ClN3O2/c1-16(17-7-9-18(22)10-8-17)23-21(26)15-24-11-13-25(14-12-24)19-5-3-4-6-20(19)27-2/h3-10,16H,11-15H2,1-2H3,(H,23,26)/p+1/t16-/m0/s1. The lowest BCUT2D eigenvalue weighted by atomic mass is 10.1. The summed E-state index contributed by atoms with van der Waals surface area (Å²) >= 11 is 5.92. The molecule has 0 aromatic heterocycles. The number of anilines is 1. The van der Waals surface area contributed by atoms with Crippen LogP contribution in [0.15, 0.2) is 48.5 Å². The molecule has 0 spiro atoms. The van der Waals surface area contributed by atoms with Gasteiger partial charge in [-0.2, -0.15) is 0 Å². The second-order valence-corrected chi connectivity index (χ2v) is 7.36. The Bertz CT molecular complexity index is 758. The number of nitrogens with one attached hydrogen (secondary N) is 2. The second-order valence-electron chi connectivity index (χ2n) is 6.93. The maximum atomic E-state index is 12.4. The van der Waals surface area contributed by atoms with E-state index in [2.05, 4.69) is 16.3 Å². The van der Waals surface area contributed by atoms with Crippen molar-refractivity contribution < 1.29 is 14.4 Å². The number of carbonyl (C=O) groups excluding carboxylic acids is 1. The number of rotatable bonds is 6. The Labute approximate surface area is 165 Å². The Morgan fingerprint density at radius 1 is 1.19 bits per heavy atom. The molecule has 2 aromatic carbocycles. The minimum Gasteiger partial charge on any atom is -0.495 e. The molecule has 144 valence electrons. The molecule has 3 rings (SSSR count). The van der Waals surface area contributed by atoms with Gasteiger partial charge in [0.05, 0.1) is 45.0 Å². The third-order valence-electron chi connectivity index (χ3n) is 5.05. The van der Waals surface area contributed by atoms with E-state index in [4.69, 9.17) is 16.3 Å². The zero-order valence-electron chi connectivity index (χ0n) is 15.9. The molecule has 1 amide bonds. The van der Waals surface area contributed by atoms with Gasteiger partial charge in [-0.3, -0.25) is 4.79 Å². The molecule has 1 aliphatic heterocycles. The minimum absolute atomic E-state index is 0.0240. The molecule has 0 radical (unpaired) electrons. The molecule has 27 heavy (non-hydrogen) atoms. The molecule has 1 aliphatic rings. The molecule has 2 aromatic rings. The van der Waals surface area contributed by atoms with Gasteiger partial charge in [0.25, 0.3) is 5.91 Å². The lowest BCUT2D eigenvalue weighted by molar-refractivity contribution is -0.892. The highest BCUT2D eigenvalue weighted by Gasteiger charge is 2.24. The monoisotopic (exact) mass is 388 g/mol. The molecule has 0 unspecified atom stereocenters. The van der Waals surface area contributed by atoms with Crippen molar-refractivity contribution in [2.75, 3.05) is 44.7 Å². The van der Waals surface area contributed by atoms with Crippen LogP contribution >= 0.6 is 11.6 Å². The first-order chi connectivity index (χ1) is 13.1. The molecular weight excluding hydrogens is 362 g/mol. The summed E-state index contributed by atoms with van der Waals surface area (Å²) in [6.45, 7) is 6.18. The van der Waals surface area contributed by atoms with Gasteiger partial charge in [-0.1, -0.05) is 35.9 Å². The van der Waals surface area contributed by atoms with Gasteiger partial charge in [-0.25, -0.2) is 0 Å². The summed E-state index contributed by atoms with van der Waals surface area (Å²) in [4.78, 5) is 16.1. The number of quaternary nitrogens is 1. The molecule has 0 aliphatic carbocycles. The largest absolute Gasteiger partial charge is 0.495 e. The summed E-state index contributed by atoms with van der Waals surface area (Å²) < 4.78 is 5.46. The molecule has 2 N–H and O–H groups in total. The lowest BCUT2D eigenvalue weighted by Gasteiger charge is -2.34. The number of benzene rings is 2. The molecule has 0 bridgehead atoms. The molecule has 0 saturated carbocycles. The zero-order chi connectivity index (χ0) is 19.2. The van der Waals surface area contributed by atoms with Crippen LogP contribution in [0.2, 0.25) is 5.02 Å². The van der Waals surface area contributed by atoms with Crippen LogP contribution in [0.25, 0.3) is 0 Å². The van der Waals surface area contributed by atoms with Crippen LogP contribution in [0.3, 0.4) is 0 Å². The predicted molar refractivity (Wildman–Crippen MR) is 109 cm³/mol. The zero-order valence-corrected chi connectivity index (χ0v) is 16.6. The van der Waals surface area contributed by atoms with Crippen molar-refractivity contribution >= 4 is 23.2 Å². The average molecular weight is 389 g/mol. The summed E-state index contributed by atoms with van der Waals surface area (Å²) in [5, 5.41) is 3.79. The number of hydrogen-bond donors (Lipinski definition) is 2. The van der Waals surface area contributed by atoms with Gasteiger partial charge in [-0.05, 0) is 36.8 Å². The fraction of sp³-hybridized carbons (Fsp3) is 0.381. The first-order valence-corrected chi connectivity index (χ1v) is 9.71. The number of halogens is 1. The first-order valence-electron chi connectivity index (χ1n) is 9.33. The van der Waals surface area contributed by atoms with Crippen LogP contribution in [0.1, 0.15) is 18.5 Å². The molecule has 6 heteroatoms. The van der Waals surface area contributed by atoms with Gasteiger partial charge in [0.2, 0.25) is 0 Å². The molecule has 5 nitrogen and oxygen atoms in total. The van der Waals surface area contributed by atoms with Crippen LogP contribution in [-0.4, -0.2) is 45.7 Å². The summed E-state index contributed by atoms with van der Waals surface area (Å²) in [5.74, 6) is 0.980. The lowest BCUT2D eigenvalue weighted by Crippen LogP contribution is -3.15. The van der Waals surface area contributed by atoms with Crippen molar-refractivity contribution in [1.29, 1.82) is 0 Å². The second kappa shape index (κ2) is 9.11. The summed E-state index contributed by atoms with van der Waals surface area (Å²) in [6, 6.07) is 15.7. The van der Waals surface area contributed by atoms with E-state index in [1.165, 1.54) is 4.90 Å². The van der Waals surface area contributed by atoms with Crippen molar-refractivity contribution in [3.63, 3.8) is 0 Å². The highest BCUT2D eigenvalue weighted by atomic mass is 35.5. The third kappa shape index (κ3) is 5.15. The van der Waals surface area contributed by atoms with E-state index in [1.54, 1.807) is 7.11 Å². The smallest absolute Gasteiger partial charge is 0.275 e. The number of para-hydroxylation sites is 2. The number of ether oxygens (including phenoxy) is 1. The van der Waals surface area contributed by atoms with E-state index >= 15 is 0 Å². The molecular formula is C21H27ClN3O2+. The Morgan fingerprint density at radius 2 is 1.85 bits per heavy atom. The average Bonchev–Trinajstić information content (AvgIpc) is 2.69. The van der Waals surface area contributed by atoms with E-state index in [0.717, 1.165) is 43.2 Å². The third-order valence-corrected chi connectivity index (χ3v) is 5.31. The van der Waals surface area contributed by atoms with Crippen molar-refractivity contribution in [2.45, 2.75) is 13.0 Å².